The predicted molar refractivity (Wildman–Crippen MR) is 91.7 cm³/mol. The highest BCUT2D eigenvalue weighted by molar-refractivity contribution is 6.33. The minimum absolute atomic E-state index is 0.0155. The molecule has 0 aliphatic rings. The molecule has 2 amide bonds. The van der Waals surface area contributed by atoms with Crippen molar-refractivity contribution >= 4 is 34.8 Å². The Morgan fingerprint density at radius 2 is 1.52 bits per heavy atom. The number of hydrogen-bond donors (Lipinski definition) is 3. The Morgan fingerprint density at radius 1 is 0.960 bits per heavy atom. The number of para-hydroxylation sites is 2. The SMILES string of the molecule is C[NH+](CC(=O)Nc1ccccc1Cl)CC(=O)Nc1c(F)cccc1F. The second kappa shape index (κ2) is 8.55. The number of halogens is 3. The van der Waals surface area contributed by atoms with E-state index in [1.54, 1.807) is 31.3 Å². The molecule has 0 fully saturated rings. The average molecular weight is 369 g/mol. The Balaban J connectivity index is 1.87. The summed E-state index contributed by atoms with van der Waals surface area (Å²) in [5, 5.41) is 5.22. The summed E-state index contributed by atoms with van der Waals surface area (Å²) in [6, 6.07) is 10.1. The van der Waals surface area contributed by atoms with Crippen molar-refractivity contribution in [2.45, 2.75) is 0 Å². The zero-order chi connectivity index (χ0) is 18.4. The number of hydrogen-bond acceptors (Lipinski definition) is 2. The first-order chi connectivity index (χ1) is 11.9. The predicted octanol–water partition coefficient (Wildman–Crippen LogP) is 1.71. The van der Waals surface area contributed by atoms with E-state index in [0.717, 1.165) is 12.1 Å². The van der Waals surface area contributed by atoms with Gasteiger partial charge in [-0.15, -0.1) is 0 Å². The molecule has 0 saturated heterocycles. The van der Waals surface area contributed by atoms with Crippen molar-refractivity contribution in [3.05, 3.63) is 59.1 Å². The number of carbonyl (C=O) groups is 2. The molecule has 132 valence electrons. The molecule has 0 bridgehead atoms. The van der Waals surface area contributed by atoms with Crippen LogP contribution in [-0.4, -0.2) is 32.0 Å². The topological polar surface area (TPSA) is 62.6 Å². The maximum absolute atomic E-state index is 13.5. The first kappa shape index (κ1) is 18.8. The quantitative estimate of drug-likeness (QED) is 0.727. The summed E-state index contributed by atoms with van der Waals surface area (Å²) in [4.78, 5) is 24.4. The van der Waals surface area contributed by atoms with Gasteiger partial charge in [-0.25, -0.2) is 8.78 Å². The Bertz CT molecular complexity index is 766. The number of anilines is 2. The van der Waals surface area contributed by atoms with Gasteiger partial charge >= 0.3 is 0 Å². The second-order valence-corrected chi connectivity index (χ2v) is 5.89. The summed E-state index contributed by atoms with van der Waals surface area (Å²) < 4.78 is 27.0. The molecule has 0 aliphatic heterocycles. The van der Waals surface area contributed by atoms with Gasteiger partial charge in [-0.1, -0.05) is 29.8 Å². The highest BCUT2D eigenvalue weighted by atomic mass is 35.5. The fraction of sp³-hybridized carbons (Fsp3) is 0.176. The summed E-state index contributed by atoms with van der Waals surface area (Å²) in [7, 11) is 1.61. The Morgan fingerprint density at radius 3 is 2.12 bits per heavy atom. The fourth-order valence-corrected chi connectivity index (χ4v) is 2.35. The van der Waals surface area contributed by atoms with E-state index >= 15 is 0 Å². The molecule has 1 atom stereocenters. The summed E-state index contributed by atoms with van der Waals surface area (Å²) in [5.41, 5.74) is -0.0272. The van der Waals surface area contributed by atoms with Crippen LogP contribution >= 0.6 is 11.6 Å². The van der Waals surface area contributed by atoms with E-state index in [4.69, 9.17) is 11.6 Å². The first-order valence-electron chi connectivity index (χ1n) is 7.46. The van der Waals surface area contributed by atoms with Gasteiger partial charge in [0.25, 0.3) is 11.8 Å². The smallest absolute Gasteiger partial charge is 0.279 e. The van der Waals surface area contributed by atoms with E-state index < -0.39 is 23.2 Å². The van der Waals surface area contributed by atoms with Crippen molar-refractivity contribution in [1.29, 1.82) is 0 Å². The lowest BCUT2D eigenvalue weighted by Gasteiger charge is -2.14. The molecule has 0 radical (unpaired) electrons. The Labute approximate surface area is 148 Å². The summed E-state index contributed by atoms with van der Waals surface area (Å²) in [6.07, 6.45) is 0. The van der Waals surface area contributed by atoms with Gasteiger partial charge in [-0.05, 0) is 24.3 Å². The molecule has 0 aliphatic carbocycles. The number of carbonyl (C=O) groups excluding carboxylic acids is 2. The lowest BCUT2D eigenvalue weighted by molar-refractivity contribution is -0.862. The number of rotatable bonds is 6. The summed E-state index contributed by atoms with van der Waals surface area (Å²) in [5.74, 6) is -2.66. The molecule has 2 aromatic rings. The van der Waals surface area contributed by atoms with Crippen molar-refractivity contribution in [2.75, 3.05) is 30.8 Å². The molecule has 2 rings (SSSR count). The van der Waals surface area contributed by atoms with E-state index in [-0.39, 0.29) is 19.0 Å². The average Bonchev–Trinajstić information content (AvgIpc) is 2.53. The normalized spacial score (nSPS) is 11.7. The lowest BCUT2D eigenvalue weighted by Crippen LogP contribution is -3.11. The number of nitrogens with one attached hydrogen (secondary N) is 3. The van der Waals surface area contributed by atoms with Gasteiger partial charge in [-0.2, -0.15) is 0 Å². The third-order valence-corrected chi connectivity index (χ3v) is 3.63. The van der Waals surface area contributed by atoms with Crippen molar-refractivity contribution < 1.29 is 23.3 Å². The van der Waals surface area contributed by atoms with Crippen LogP contribution in [0.15, 0.2) is 42.5 Å². The molecule has 8 heteroatoms. The second-order valence-electron chi connectivity index (χ2n) is 5.48. The molecule has 1 unspecified atom stereocenters. The third kappa shape index (κ3) is 5.51. The van der Waals surface area contributed by atoms with E-state index in [2.05, 4.69) is 10.6 Å². The van der Waals surface area contributed by atoms with Gasteiger partial charge in [0, 0.05) is 0 Å². The maximum Gasteiger partial charge on any atom is 0.279 e. The highest BCUT2D eigenvalue weighted by Gasteiger charge is 2.17. The molecule has 0 aromatic heterocycles. The van der Waals surface area contributed by atoms with E-state index in [9.17, 15) is 18.4 Å². The molecular weight excluding hydrogens is 352 g/mol. The number of benzene rings is 2. The Kier molecular flexibility index (Phi) is 6.44. The molecule has 0 saturated carbocycles. The largest absolute Gasteiger partial charge is 0.322 e. The molecule has 3 N–H and O–H groups in total. The number of likely N-dealkylation sites (N-methyl/N-ethyl adjacent to an activating group) is 1. The lowest BCUT2D eigenvalue weighted by atomic mass is 10.3. The van der Waals surface area contributed by atoms with E-state index in [1.807, 2.05) is 0 Å². The standard InChI is InChI=1S/C17H16ClF2N3O2/c1-23(9-15(24)21-14-8-3-2-5-11(14)18)10-16(25)22-17-12(19)6-4-7-13(17)20/h2-8H,9-10H2,1H3,(H,21,24)(H,22,25)/p+1. The molecular formula is C17H17ClF2N3O2+. The van der Waals surface area contributed by atoms with Crippen LogP contribution in [0.3, 0.4) is 0 Å². The van der Waals surface area contributed by atoms with Crippen molar-refractivity contribution in [1.82, 2.24) is 0 Å². The van der Waals surface area contributed by atoms with Crippen molar-refractivity contribution in [2.24, 2.45) is 0 Å². The van der Waals surface area contributed by atoms with E-state index in [1.165, 1.54) is 6.07 Å². The zero-order valence-electron chi connectivity index (χ0n) is 13.4. The third-order valence-electron chi connectivity index (χ3n) is 3.30. The molecule has 2 aromatic carbocycles. The van der Waals surface area contributed by atoms with Gasteiger partial charge in [0.2, 0.25) is 0 Å². The van der Waals surface area contributed by atoms with Crippen LogP contribution in [0.25, 0.3) is 0 Å². The van der Waals surface area contributed by atoms with Gasteiger partial charge in [0.15, 0.2) is 13.1 Å². The molecule has 25 heavy (non-hydrogen) atoms. The van der Waals surface area contributed by atoms with Gasteiger partial charge in [-0.3, -0.25) is 9.59 Å². The summed E-state index contributed by atoms with van der Waals surface area (Å²) >= 11 is 5.95. The highest BCUT2D eigenvalue weighted by Crippen LogP contribution is 2.20. The molecule has 0 heterocycles. The maximum atomic E-state index is 13.5. The van der Waals surface area contributed by atoms with Crippen LogP contribution in [-0.2, 0) is 9.59 Å². The van der Waals surface area contributed by atoms with Crippen LogP contribution in [0.4, 0.5) is 20.2 Å². The van der Waals surface area contributed by atoms with Crippen LogP contribution in [0.5, 0.6) is 0 Å². The number of quaternary nitrogens is 1. The van der Waals surface area contributed by atoms with Crippen LogP contribution in [0.2, 0.25) is 5.02 Å². The van der Waals surface area contributed by atoms with E-state index in [0.29, 0.717) is 15.6 Å². The van der Waals surface area contributed by atoms with Crippen LogP contribution in [0.1, 0.15) is 0 Å². The summed E-state index contributed by atoms with van der Waals surface area (Å²) in [6.45, 7) is -0.151. The van der Waals surface area contributed by atoms with Crippen LogP contribution < -0.4 is 15.5 Å². The molecule has 0 spiro atoms. The van der Waals surface area contributed by atoms with Crippen LogP contribution in [0, 0.1) is 11.6 Å². The zero-order valence-corrected chi connectivity index (χ0v) is 14.2. The minimum atomic E-state index is -0.859. The van der Waals surface area contributed by atoms with Crippen molar-refractivity contribution in [3.8, 4) is 0 Å². The molecule has 5 nitrogen and oxygen atoms in total. The van der Waals surface area contributed by atoms with Crippen molar-refractivity contribution in [3.63, 3.8) is 0 Å². The number of amides is 2. The van der Waals surface area contributed by atoms with Gasteiger partial charge < -0.3 is 15.5 Å². The minimum Gasteiger partial charge on any atom is -0.322 e. The monoisotopic (exact) mass is 368 g/mol. The fourth-order valence-electron chi connectivity index (χ4n) is 2.17. The first-order valence-corrected chi connectivity index (χ1v) is 7.84. The van der Waals surface area contributed by atoms with Gasteiger partial charge in [0.1, 0.15) is 17.3 Å². The van der Waals surface area contributed by atoms with Gasteiger partial charge in [0.05, 0.1) is 17.8 Å². The Hall–Kier alpha value is -2.51.